The molecule has 0 aliphatic rings. The largest absolute Gasteiger partial charge is 0.497 e. The summed E-state index contributed by atoms with van der Waals surface area (Å²) in [5, 5.41) is 13.9. The molecule has 0 heterocycles. The van der Waals surface area contributed by atoms with Crippen LogP contribution in [0, 0.1) is 0 Å². The molecule has 0 bridgehead atoms. The maximum atomic E-state index is 10.5. The Kier molecular flexibility index (Phi) is 7.68. The normalized spacial score (nSPS) is 12.9. The molecule has 0 amide bonds. The summed E-state index contributed by atoms with van der Waals surface area (Å²) in [6, 6.07) is 25.8. The average molecular weight is 392 g/mol. The Morgan fingerprint density at radius 1 is 0.828 bits per heavy atom. The van der Waals surface area contributed by atoms with Gasteiger partial charge in [-0.05, 0) is 60.8 Å². The van der Waals surface area contributed by atoms with Gasteiger partial charge in [-0.15, -0.1) is 0 Å². The molecule has 3 rings (SSSR count). The summed E-state index contributed by atoms with van der Waals surface area (Å²) >= 11 is 0. The minimum Gasteiger partial charge on any atom is -0.497 e. The van der Waals surface area contributed by atoms with Crippen LogP contribution in [0.4, 0.5) is 0 Å². The number of benzene rings is 3. The zero-order valence-corrected chi connectivity index (χ0v) is 17.0. The molecule has 3 aromatic rings. The summed E-state index contributed by atoms with van der Waals surface area (Å²) in [5.41, 5.74) is 3.27. The van der Waals surface area contributed by atoms with Crippen LogP contribution in [-0.2, 0) is 13.0 Å². The number of hydrogen-bond donors (Lipinski definition) is 2. The summed E-state index contributed by atoms with van der Waals surface area (Å²) in [4.78, 5) is 0. The number of aliphatic hydroxyl groups excluding tert-OH is 1. The van der Waals surface area contributed by atoms with Crippen molar-refractivity contribution in [2.45, 2.75) is 32.1 Å². The third-order valence-electron chi connectivity index (χ3n) is 4.98. The molecule has 0 fully saturated rings. The van der Waals surface area contributed by atoms with Gasteiger partial charge in [-0.25, -0.2) is 0 Å². The molecule has 4 heteroatoms. The Balaban J connectivity index is 1.42. The van der Waals surface area contributed by atoms with E-state index < -0.39 is 6.10 Å². The molecule has 0 saturated carbocycles. The number of methoxy groups -OCH3 is 1. The fourth-order valence-corrected chi connectivity index (χ4v) is 3.14. The van der Waals surface area contributed by atoms with E-state index >= 15 is 0 Å². The number of nitrogens with one attached hydrogen (secondary N) is 1. The van der Waals surface area contributed by atoms with Crippen molar-refractivity contribution in [1.82, 2.24) is 5.32 Å². The fourth-order valence-electron chi connectivity index (χ4n) is 3.14. The van der Waals surface area contributed by atoms with Crippen LogP contribution < -0.4 is 14.8 Å². The first-order valence-electron chi connectivity index (χ1n) is 9.97. The van der Waals surface area contributed by atoms with E-state index in [0.717, 1.165) is 35.6 Å². The summed E-state index contributed by atoms with van der Waals surface area (Å²) < 4.78 is 11.0. The molecule has 0 radical (unpaired) electrons. The van der Waals surface area contributed by atoms with Gasteiger partial charge in [0.05, 0.1) is 13.2 Å². The van der Waals surface area contributed by atoms with Gasteiger partial charge in [-0.1, -0.05) is 54.6 Å². The second-order valence-corrected chi connectivity index (χ2v) is 7.13. The molecule has 0 saturated heterocycles. The van der Waals surface area contributed by atoms with Crippen molar-refractivity contribution in [2.75, 3.05) is 13.7 Å². The first-order valence-corrected chi connectivity index (χ1v) is 9.97. The Labute approximate surface area is 173 Å². The van der Waals surface area contributed by atoms with E-state index in [9.17, 15) is 5.11 Å². The SMILES string of the molecule is COc1ccc([C@@H](O)[C@H](C)NCCc2ccc(OCc3ccccc3)cc2)cc1. The lowest BCUT2D eigenvalue weighted by Gasteiger charge is -2.21. The van der Waals surface area contributed by atoms with Crippen molar-refractivity contribution >= 4 is 0 Å². The third kappa shape index (κ3) is 6.34. The lowest BCUT2D eigenvalue weighted by atomic mass is 10.0. The second kappa shape index (κ2) is 10.6. The van der Waals surface area contributed by atoms with Crippen LogP contribution in [0.25, 0.3) is 0 Å². The van der Waals surface area contributed by atoms with E-state index in [1.807, 2.05) is 61.5 Å². The lowest BCUT2D eigenvalue weighted by molar-refractivity contribution is 0.136. The molecule has 2 N–H and O–H groups in total. The van der Waals surface area contributed by atoms with Crippen molar-refractivity contribution < 1.29 is 14.6 Å². The summed E-state index contributed by atoms with van der Waals surface area (Å²) in [5.74, 6) is 1.66. The van der Waals surface area contributed by atoms with E-state index in [1.54, 1.807) is 7.11 Å². The topological polar surface area (TPSA) is 50.7 Å². The quantitative estimate of drug-likeness (QED) is 0.533. The summed E-state index contributed by atoms with van der Waals surface area (Å²) in [6.07, 6.45) is 0.327. The van der Waals surface area contributed by atoms with Crippen LogP contribution in [-0.4, -0.2) is 24.8 Å². The Bertz CT molecular complexity index is 848. The second-order valence-electron chi connectivity index (χ2n) is 7.13. The van der Waals surface area contributed by atoms with Crippen LogP contribution >= 0.6 is 0 Å². The van der Waals surface area contributed by atoms with E-state index in [-0.39, 0.29) is 6.04 Å². The van der Waals surface area contributed by atoms with Gasteiger partial charge in [0.2, 0.25) is 0 Å². The van der Waals surface area contributed by atoms with Gasteiger partial charge in [0, 0.05) is 6.04 Å². The van der Waals surface area contributed by atoms with Gasteiger partial charge < -0.3 is 19.9 Å². The summed E-state index contributed by atoms with van der Waals surface area (Å²) in [6.45, 7) is 3.36. The molecule has 2 atom stereocenters. The Morgan fingerprint density at radius 3 is 2.14 bits per heavy atom. The van der Waals surface area contributed by atoms with Crippen molar-refractivity contribution in [1.29, 1.82) is 0 Å². The lowest BCUT2D eigenvalue weighted by Crippen LogP contribution is -2.33. The molecule has 0 aliphatic carbocycles. The molecule has 0 aromatic heterocycles. The van der Waals surface area contributed by atoms with Gasteiger partial charge in [0.1, 0.15) is 18.1 Å². The molecule has 29 heavy (non-hydrogen) atoms. The molecular weight excluding hydrogens is 362 g/mol. The average Bonchev–Trinajstić information content (AvgIpc) is 2.78. The number of ether oxygens (including phenoxy) is 2. The maximum Gasteiger partial charge on any atom is 0.119 e. The smallest absolute Gasteiger partial charge is 0.119 e. The minimum absolute atomic E-state index is 0.0446. The van der Waals surface area contributed by atoms with Crippen molar-refractivity contribution in [2.24, 2.45) is 0 Å². The van der Waals surface area contributed by atoms with Crippen molar-refractivity contribution in [3.63, 3.8) is 0 Å². The Morgan fingerprint density at radius 2 is 1.48 bits per heavy atom. The maximum absolute atomic E-state index is 10.5. The highest BCUT2D eigenvalue weighted by Crippen LogP contribution is 2.20. The molecule has 3 aromatic carbocycles. The third-order valence-corrected chi connectivity index (χ3v) is 4.98. The predicted molar refractivity (Wildman–Crippen MR) is 116 cm³/mol. The number of aliphatic hydroxyl groups is 1. The number of rotatable bonds is 10. The standard InChI is InChI=1S/C25H29NO3/c1-19(25(27)22-10-14-23(28-2)15-11-22)26-17-16-20-8-12-24(13-9-20)29-18-21-6-4-3-5-7-21/h3-15,19,25-27H,16-18H2,1-2H3/t19-,25-/m0/s1. The molecule has 0 spiro atoms. The van der Waals surface area contributed by atoms with E-state index in [1.165, 1.54) is 5.56 Å². The van der Waals surface area contributed by atoms with Gasteiger partial charge in [-0.3, -0.25) is 0 Å². The Hall–Kier alpha value is -2.82. The van der Waals surface area contributed by atoms with Gasteiger partial charge in [-0.2, -0.15) is 0 Å². The fraction of sp³-hybridized carbons (Fsp3) is 0.280. The van der Waals surface area contributed by atoms with Crippen LogP contribution in [0.5, 0.6) is 11.5 Å². The predicted octanol–water partition coefficient (Wildman–Crippen LogP) is 4.53. The number of hydrogen-bond acceptors (Lipinski definition) is 4. The zero-order chi connectivity index (χ0) is 20.5. The highest BCUT2D eigenvalue weighted by Gasteiger charge is 2.15. The van der Waals surface area contributed by atoms with Crippen LogP contribution in [0.1, 0.15) is 29.7 Å². The minimum atomic E-state index is -0.560. The van der Waals surface area contributed by atoms with Gasteiger partial charge >= 0.3 is 0 Å². The zero-order valence-electron chi connectivity index (χ0n) is 17.0. The summed E-state index contributed by atoms with van der Waals surface area (Å²) in [7, 11) is 1.64. The van der Waals surface area contributed by atoms with Crippen molar-refractivity contribution in [3.05, 3.63) is 95.6 Å². The molecule has 0 aliphatic heterocycles. The monoisotopic (exact) mass is 391 g/mol. The van der Waals surface area contributed by atoms with Crippen LogP contribution in [0.3, 0.4) is 0 Å². The van der Waals surface area contributed by atoms with Crippen molar-refractivity contribution in [3.8, 4) is 11.5 Å². The highest BCUT2D eigenvalue weighted by molar-refractivity contribution is 5.29. The first-order chi connectivity index (χ1) is 14.2. The first kappa shape index (κ1) is 20.9. The molecule has 4 nitrogen and oxygen atoms in total. The van der Waals surface area contributed by atoms with E-state index in [4.69, 9.17) is 9.47 Å². The molecule has 152 valence electrons. The van der Waals surface area contributed by atoms with E-state index in [2.05, 4.69) is 29.6 Å². The van der Waals surface area contributed by atoms with E-state index in [0.29, 0.717) is 6.61 Å². The van der Waals surface area contributed by atoms with Gasteiger partial charge in [0.25, 0.3) is 0 Å². The highest BCUT2D eigenvalue weighted by atomic mass is 16.5. The van der Waals surface area contributed by atoms with Crippen LogP contribution in [0.15, 0.2) is 78.9 Å². The molecule has 0 unspecified atom stereocenters. The van der Waals surface area contributed by atoms with Crippen LogP contribution in [0.2, 0.25) is 0 Å². The molecular formula is C25H29NO3. The van der Waals surface area contributed by atoms with Gasteiger partial charge in [0.15, 0.2) is 0 Å².